The van der Waals surface area contributed by atoms with Crippen molar-refractivity contribution in [3.8, 4) is 0 Å². The van der Waals surface area contributed by atoms with E-state index >= 15 is 0 Å². The van der Waals surface area contributed by atoms with E-state index in [1.54, 1.807) is 0 Å². The third-order valence-electron chi connectivity index (χ3n) is 3.01. The van der Waals surface area contributed by atoms with Crippen LogP contribution < -0.4 is 5.32 Å². The predicted octanol–water partition coefficient (Wildman–Crippen LogP) is 1.57. The minimum absolute atomic E-state index is 0.282. The molecule has 2 atom stereocenters. The molecule has 2 N–H and O–H groups in total. The quantitative estimate of drug-likeness (QED) is 0.527. The van der Waals surface area contributed by atoms with Crippen molar-refractivity contribution in [1.82, 2.24) is 5.32 Å². The van der Waals surface area contributed by atoms with Crippen LogP contribution in [0.15, 0.2) is 24.3 Å². The Hall–Kier alpha value is -1.53. The standard InChI is InChI=1S/C14H19NO4S/c1-9-5-3-4-6-10(9)11(8-20)14(18)15-12(19-2)7-13(16)17/h3-6,11-12,20H,7-8H2,1-2H3,(H,15,18)(H,16,17)/t11-,12-/m0/s1. The number of aliphatic carboxylic acids is 1. The molecule has 0 saturated heterocycles. The van der Waals surface area contributed by atoms with Crippen molar-refractivity contribution in [2.75, 3.05) is 12.9 Å². The summed E-state index contributed by atoms with van der Waals surface area (Å²) < 4.78 is 4.95. The molecule has 5 nitrogen and oxygen atoms in total. The summed E-state index contributed by atoms with van der Waals surface area (Å²) >= 11 is 4.22. The maximum atomic E-state index is 12.2. The number of rotatable bonds is 7. The molecule has 0 radical (unpaired) electrons. The second-order valence-electron chi connectivity index (χ2n) is 4.42. The van der Waals surface area contributed by atoms with Crippen LogP contribution in [-0.4, -0.2) is 36.1 Å². The van der Waals surface area contributed by atoms with Crippen LogP contribution in [0.3, 0.4) is 0 Å². The number of aryl methyl sites for hydroxylation is 1. The topological polar surface area (TPSA) is 75.6 Å². The molecule has 0 unspecified atom stereocenters. The van der Waals surface area contributed by atoms with E-state index in [4.69, 9.17) is 9.84 Å². The molecule has 6 heteroatoms. The van der Waals surface area contributed by atoms with Crippen LogP contribution in [0.4, 0.5) is 0 Å². The van der Waals surface area contributed by atoms with E-state index in [0.29, 0.717) is 5.75 Å². The van der Waals surface area contributed by atoms with Crippen molar-refractivity contribution in [3.63, 3.8) is 0 Å². The molecule has 1 rings (SSSR count). The van der Waals surface area contributed by atoms with Crippen LogP contribution >= 0.6 is 12.6 Å². The first-order valence-corrected chi connectivity index (χ1v) is 6.84. The SMILES string of the molecule is CO[C@@H](CC(=O)O)NC(=O)[C@@H](CS)c1ccccc1C. The zero-order valence-corrected chi connectivity index (χ0v) is 12.4. The van der Waals surface area contributed by atoms with Gasteiger partial charge in [-0.1, -0.05) is 24.3 Å². The van der Waals surface area contributed by atoms with E-state index in [1.165, 1.54) is 7.11 Å². The third-order valence-corrected chi connectivity index (χ3v) is 3.38. The highest BCUT2D eigenvalue weighted by atomic mass is 32.1. The van der Waals surface area contributed by atoms with Crippen LogP contribution in [0, 0.1) is 6.92 Å². The molecule has 0 fully saturated rings. The number of methoxy groups -OCH3 is 1. The number of carbonyl (C=O) groups excluding carboxylic acids is 1. The van der Waals surface area contributed by atoms with Crippen LogP contribution in [0.2, 0.25) is 0 Å². The van der Waals surface area contributed by atoms with Gasteiger partial charge in [0.25, 0.3) is 0 Å². The number of amides is 1. The van der Waals surface area contributed by atoms with Gasteiger partial charge in [0.15, 0.2) is 0 Å². The molecule has 0 bridgehead atoms. The fourth-order valence-electron chi connectivity index (χ4n) is 1.91. The van der Waals surface area contributed by atoms with Crippen molar-refractivity contribution in [3.05, 3.63) is 35.4 Å². The Bertz CT molecular complexity index is 478. The van der Waals surface area contributed by atoms with Gasteiger partial charge in [-0.25, -0.2) is 0 Å². The molecule has 0 aliphatic carbocycles. The Morgan fingerprint density at radius 2 is 2.05 bits per heavy atom. The lowest BCUT2D eigenvalue weighted by atomic mass is 9.95. The third kappa shape index (κ3) is 4.54. The molecule has 1 aromatic carbocycles. The number of ether oxygens (including phenoxy) is 1. The number of thiol groups is 1. The van der Waals surface area contributed by atoms with E-state index in [-0.39, 0.29) is 12.3 Å². The Kier molecular flexibility index (Phi) is 6.54. The Labute approximate surface area is 123 Å². The van der Waals surface area contributed by atoms with Gasteiger partial charge in [0.2, 0.25) is 5.91 Å². The molecular weight excluding hydrogens is 278 g/mol. The van der Waals surface area contributed by atoms with Gasteiger partial charge in [0.1, 0.15) is 6.23 Å². The van der Waals surface area contributed by atoms with Gasteiger partial charge >= 0.3 is 5.97 Å². The van der Waals surface area contributed by atoms with Crippen molar-refractivity contribution in [2.24, 2.45) is 0 Å². The zero-order chi connectivity index (χ0) is 15.1. The molecule has 0 heterocycles. The average molecular weight is 297 g/mol. The maximum absolute atomic E-state index is 12.2. The number of carboxylic acids is 1. The summed E-state index contributed by atoms with van der Waals surface area (Å²) in [6.07, 6.45) is -1.12. The van der Waals surface area contributed by atoms with Crippen molar-refractivity contribution < 1.29 is 19.4 Å². The molecule has 0 aliphatic heterocycles. The van der Waals surface area contributed by atoms with Gasteiger partial charge in [0, 0.05) is 12.9 Å². The molecule has 0 aromatic heterocycles. The molecule has 110 valence electrons. The highest BCUT2D eigenvalue weighted by Crippen LogP contribution is 2.21. The minimum Gasteiger partial charge on any atom is -0.481 e. The normalized spacial score (nSPS) is 13.6. The monoisotopic (exact) mass is 297 g/mol. The lowest BCUT2D eigenvalue weighted by molar-refractivity contribution is -0.141. The highest BCUT2D eigenvalue weighted by molar-refractivity contribution is 7.80. The van der Waals surface area contributed by atoms with Crippen LogP contribution in [0.5, 0.6) is 0 Å². The van der Waals surface area contributed by atoms with Gasteiger partial charge in [-0.3, -0.25) is 9.59 Å². The molecule has 1 amide bonds. The van der Waals surface area contributed by atoms with E-state index in [1.807, 2.05) is 31.2 Å². The fourth-order valence-corrected chi connectivity index (χ4v) is 2.27. The van der Waals surface area contributed by atoms with Crippen molar-refractivity contribution in [1.29, 1.82) is 0 Å². The largest absolute Gasteiger partial charge is 0.481 e. The van der Waals surface area contributed by atoms with Gasteiger partial charge < -0.3 is 15.2 Å². The Morgan fingerprint density at radius 1 is 1.40 bits per heavy atom. The van der Waals surface area contributed by atoms with Crippen LogP contribution in [0.1, 0.15) is 23.5 Å². The second kappa shape index (κ2) is 7.91. The minimum atomic E-state index is -1.03. The van der Waals surface area contributed by atoms with Gasteiger partial charge in [-0.15, -0.1) is 0 Å². The number of nitrogens with one attached hydrogen (secondary N) is 1. The Balaban J connectivity index is 2.82. The van der Waals surface area contributed by atoms with E-state index in [2.05, 4.69) is 17.9 Å². The second-order valence-corrected chi connectivity index (χ2v) is 4.79. The molecule has 0 saturated carbocycles. The van der Waals surface area contributed by atoms with Gasteiger partial charge in [-0.2, -0.15) is 12.6 Å². The lowest BCUT2D eigenvalue weighted by Gasteiger charge is -2.21. The smallest absolute Gasteiger partial charge is 0.307 e. The number of benzene rings is 1. The molecule has 20 heavy (non-hydrogen) atoms. The first-order valence-electron chi connectivity index (χ1n) is 6.21. The molecular formula is C14H19NO4S. The van der Waals surface area contributed by atoms with Crippen LogP contribution in [-0.2, 0) is 14.3 Å². The van der Waals surface area contributed by atoms with Crippen molar-refractivity contribution in [2.45, 2.75) is 25.5 Å². The first kappa shape index (κ1) is 16.5. The maximum Gasteiger partial charge on any atom is 0.307 e. The Morgan fingerprint density at radius 3 is 2.55 bits per heavy atom. The number of hydrogen-bond donors (Lipinski definition) is 3. The number of carbonyl (C=O) groups is 2. The number of hydrogen-bond acceptors (Lipinski definition) is 4. The van der Waals surface area contributed by atoms with E-state index < -0.39 is 18.1 Å². The predicted molar refractivity (Wildman–Crippen MR) is 79.0 cm³/mol. The fraction of sp³-hybridized carbons (Fsp3) is 0.429. The summed E-state index contributed by atoms with van der Waals surface area (Å²) in [7, 11) is 1.36. The molecule has 1 aromatic rings. The summed E-state index contributed by atoms with van der Waals surface area (Å²) in [4.78, 5) is 22.9. The van der Waals surface area contributed by atoms with Crippen LogP contribution in [0.25, 0.3) is 0 Å². The molecule has 0 spiro atoms. The lowest BCUT2D eigenvalue weighted by Crippen LogP contribution is -2.41. The van der Waals surface area contributed by atoms with Gasteiger partial charge in [0.05, 0.1) is 12.3 Å². The summed E-state index contributed by atoms with van der Waals surface area (Å²) in [6, 6.07) is 7.55. The van der Waals surface area contributed by atoms with Crippen molar-refractivity contribution >= 4 is 24.5 Å². The van der Waals surface area contributed by atoms with Gasteiger partial charge in [-0.05, 0) is 18.1 Å². The van der Waals surface area contributed by atoms with E-state index in [0.717, 1.165) is 11.1 Å². The van der Waals surface area contributed by atoms with E-state index in [9.17, 15) is 9.59 Å². The molecule has 0 aliphatic rings. The highest BCUT2D eigenvalue weighted by Gasteiger charge is 2.24. The summed E-state index contributed by atoms with van der Waals surface area (Å²) in [6.45, 7) is 1.92. The summed E-state index contributed by atoms with van der Waals surface area (Å²) in [5.41, 5.74) is 1.87. The summed E-state index contributed by atoms with van der Waals surface area (Å²) in [5.74, 6) is -1.43. The number of carboxylic acid groups (broad SMARTS) is 1. The average Bonchev–Trinajstić information content (AvgIpc) is 2.40. The first-order chi connectivity index (χ1) is 9.49. The summed E-state index contributed by atoms with van der Waals surface area (Å²) in [5, 5.41) is 11.3. The zero-order valence-electron chi connectivity index (χ0n) is 11.5.